The Labute approximate surface area is 179 Å². The first kappa shape index (κ1) is 20.9. The molecule has 2 heterocycles. The maximum absolute atomic E-state index is 13.1. The van der Waals surface area contributed by atoms with Crippen molar-refractivity contribution in [3.63, 3.8) is 0 Å². The van der Waals surface area contributed by atoms with E-state index in [4.69, 9.17) is 0 Å². The van der Waals surface area contributed by atoms with E-state index in [-0.39, 0.29) is 41.1 Å². The van der Waals surface area contributed by atoms with Crippen LogP contribution in [0.15, 0.2) is 47.5 Å². The number of nitrogens with one attached hydrogen (secondary N) is 1. The number of rotatable bonds is 4. The van der Waals surface area contributed by atoms with Gasteiger partial charge in [0.15, 0.2) is 15.0 Å². The zero-order chi connectivity index (χ0) is 21.5. The number of anilines is 2. The van der Waals surface area contributed by atoms with Crippen molar-refractivity contribution in [3.8, 4) is 0 Å². The second kappa shape index (κ2) is 8.03. The number of carbonyl (C=O) groups excluding carboxylic acids is 1. The predicted octanol–water partition coefficient (Wildman–Crippen LogP) is 3.16. The van der Waals surface area contributed by atoms with Gasteiger partial charge < -0.3 is 10.2 Å². The minimum atomic E-state index is -3.06. The van der Waals surface area contributed by atoms with Gasteiger partial charge >= 0.3 is 0 Å². The van der Waals surface area contributed by atoms with E-state index in [0.29, 0.717) is 10.9 Å². The predicted molar refractivity (Wildman–Crippen MR) is 120 cm³/mol. The maximum atomic E-state index is 13.1. The Morgan fingerprint density at radius 3 is 2.47 bits per heavy atom. The van der Waals surface area contributed by atoms with Gasteiger partial charge in [-0.2, -0.15) is 0 Å². The third-order valence-electron chi connectivity index (χ3n) is 4.98. The summed E-state index contributed by atoms with van der Waals surface area (Å²) in [6, 6.07) is 11.3. The first-order valence-electron chi connectivity index (χ1n) is 9.55. The van der Waals surface area contributed by atoms with Gasteiger partial charge in [0.05, 0.1) is 17.5 Å². The Hall–Kier alpha value is -2.39. The fraction of sp³-hybridized carbons (Fsp3) is 0.333. The number of halogens is 1. The van der Waals surface area contributed by atoms with E-state index in [1.54, 1.807) is 0 Å². The van der Waals surface area contributed by atoms with Crippen molar-refractivity contribution in [1.82, 2.24) is 0 Å². The molecule has 0 spiro atoms. The molecule has 0 aliphatic carbocycles. The van der Waals surface area contributed by atoms with Crippen molar-refractivity contribution in [2.45, 2.75) is 25.1 Å². The number of benzene rings is 2. The summed E-state index contributed by atoms with van der Waals surface area (Å²) in [7, 11) is -3.06. The summed E-state index contributed by atoms with van der Waals surface area (Å²) in [5, 5.41) is 3.32. The molecule has 0 saturated carbocycles. The molecule has 2 aliphatic heterocycles. The van der Waals surface area contributed by atoms with Gasteiger partial charge in [0, 0.05) is 16.6 Å². The zero-order valence-electron chi connectivity index (χ0n) is 16.6. The molecular formula is C21H22FN3O3S2. The molecule has 4 rings (SSSR count). The number of fused-ring (bicyclic) bond motifs is 1. The normalized spacial score (nSPS) is 21.8. The summed E-state index contributed by atoms with van der Waals surface area (Å²) < 4.78 is 36.9. The number of amidine groups is 1. The fourth-order valence-corrected chi connectivity index (χ4v) is 7.50. The molecule has 2 aromatic carbocycles. The highest BCUT2D eigenvalue weighted by Crippen LogP contribution is 2.37. The highest BCUT2D eigenvalue weighted by Gasteiger charge is 2.44. The van der Waals surface area contributed by atoms with Crippen LogP contribution in [-0.2, 0) is 14.6 Å². The van der Waals surface area contributed by atoms with Gasteiger partial charge in [-0.3, -0.25) is 9.79 Å². The fourth-order valence-electron chi connectivity index (χ4n) is 3.72. The van der Waals surface area contributed by atoms with Gasteiger partial charge in [-0.05, 0) is 61.4 Å². The topological polar surface area (TPSA) is 78.8 Å². The van der Waals surface area contributed by atoms with Gasteiger partial charge in [0.2, 0.25) is 5.91 Å². The van der Waals surface area contributed by atoms with E-state index < -0.39 is 9.84 Å². The van der Waals surface area contributed by atoms with Crippen LogP contribution >= 0.6 is 11.8 Å². The van der Waals surface area contributed by atoms with E-state index >= 15 is 0 Å². The van der Waals surface area contributed by atoms with E-state index in [0.717, 1.165) is 16.8 Å². The molecule has 0 aromatic heterocycles. The number of amides is 1. The smallest absolute Gasteiger partial charge is 0.244 e. The van der Waals surface area contributed by atoms with Crippen molar-refractivity contribution >= 4 is 44.0 Å². The van der Waals surface area contributed by atoms with E-state index in [2.05, 4.69) is 10.3 Å². The summed E-state index contributed by atoms with van der Waals surface area (Å²) in [5.74, 6) is -0.481. The molecule has 2 unspecified atom stereocenters. The van der Waals surface area contributed by atoms with Gasteiger partial charge in [0.1, 0.15) is 12.4 Å². The summed E-state index contributed by atoms with van der Waals surface area (Å²) >= 11 is 1.42. The lowest BCUT2D eigenvalue weighted by Crippen LogP contribution is -2.36. The standard InChI is InChI=1S/C21H22FN3O3S2/c1-13-7-14(2)9-17(8-13)25(10-20(26)23-16-5-3-15(22)4-6-16)21-24-18-11-30(27,28)12-19(18)29-21/h3-9,18-19H,10-12H2,1-2H3,(H,23,26). The summed E-state index contributed by atoms with van der Waals surface area (Å²) in [5.41, 5.74) is 3.45. The minimum absolute atomic E-state index is 0.0122. The average Bonchev–Trinajstić information content (AvgIpc) is 3.14. The van der Waals surface area contributed by atoms with Crippen molar-refractivity contribution in [2.24, 2.45) is 4.99 Å². The van der Waals surface area contributed by atoms with Crippen LogP contribution < -0.4 is 10.2 Å². The SMILES string of the molecule is Cc1cc(C)cc(N(CC(=O)Nc2ccc(F)cc2)C2=NC3CS(=O)(=O)CC3S2)c1. The van der Waals surface area contributed by atoms with Gasteiger partial charge in [-0.1, -0.05) is 17.8 Å². The lowest BCUT2D eigenvalue weighted by molar-refractivity contribution is -0.114. The van der Waals surface area contributed by atoms with Crippen LogP contribution in [0.4, 0.5) is 15.8 Å². The highest BCUT2D eigenvalue weighted by molar-refractivity contribution is 8.15. The number of sulfone groups is 1. The summed E-state index contributed by atoms with van der Waals surface area (Å²) in [6.45, 7) is 3.98. The molecule has 2 atom stereocenters. The van der Waals surface area contributed by atoms with Gasteiger partial charge in [-0.25, -0.2) is 12.8 Å². The van der Waals surface area contributed by atoms with Crippen LogP contribution in [0.25, 0.3) is 0 Å². The number of hydrogen-bond donors (Lipinski definition) is 1. The second-order valence-electron chi connectivity index (χ2n) is 7.70. The Kier molecular flexibility index (Phi) is 5.59. The van der Waals surface area contributed by atoms with Crippen LogP contribution in [0, 0.1) is 19.7 Å². The minimum Gasteiger partial charge on any atom is -0.325 e. The molecule has 1 fully saturated rings. The van der Waals surface area contributed by atoms with Gasteiger partial charge in [0.25, 0.3) is 0 Å². The number of thioether (sulfide) groups is 1. The molecule has 6 nitrogen and oxygen atoms in total. The number of nitrogens with zero attached hydrogens (tertiary/aromatic N) is 2. The van der Waals surface area contributed by atoms with Crippen molar-refractivity contribution in [1.29, 1.82) is 0 Å². The van der Waals surface area contributed by atoms with Crippen molar-refractivity contribution in [2.75, 3.05) is 28.3 Å². The molecule has 1 amide bonds. The van der Waals surface area contributed by atoms with Crippen LogP contribution in [0.5, 0.6) is 0 Å². The number of carbonyl (C=O) groups is 1. The Bertz CT molecular complexity index is 1100. The van der Waals surface area contributed by atoms with Crippen LogP contribution in [0.2, 0.25) is 0 Å². The molecule has 158 valence electrons. The highest BCUT2D eigenvalue weighted by atomic mass is 32.2. The number of aliphatic imine (C=N–C) groups is 1. The number of aryl methyl sites for hydroxylation is 2. The first-order chi connectivity index (χ1) is 14.2. The second-order valence-corrected chi connectivity index (χ2v) is 11.1. The Balaban J connectivity index is 1.59. The summed E-state index contributed by atoms with van der Waals surface area (Å²) in [4.78, 5) is 19.2. The first-order valence-corrected chi connectivity index (χ1v) is 12.2. The molecule has 9 heteroatoms. The maximum Gasteiger partial charge on any atom is 0.244 e. The van der Waals surface area contributed by atoms with E-state index in [1.807, 2.05) is 36.9 Å². The number of hydrogen-bond acceptors (Lipinski definition) is 6. The Morgan fingerprint density at radius 1 is 1.17 bits per heavy atom. The Morgan fingerprint density at radius 2 is 1.83 bits per heavy atom. The van der Waals surface area contributed by atoms with Crippen LogP contribution in [0.1, 0.15) is 11.1 Å². The molecule has 0 radical (unpaired) electrons. The molecular weight excluding hydrogens is 425 g/mol. The third kappa shape index (κ3) is 4.67. The van der Waals surface area contributed by atoms with E-state index in [9.17, 15) is 17.6 Å². The largest absolute Gasteiger partial charge is 0.325 e. The van der Waals surface area contributed by atoms with Crippen LogP contribution in [0.3, 0.4) is 0 Å². The lowest BCUT2D eigenvalue weighted by atomic mass is 10.1. The molecule has 1 N–H and O–H groups in total. The lowest BCUT2D eigenvalue weighted by Gasteiger charge is -2.25. The average molecular weight is 448 g/mol. The van der Waals surface area contributed by atoms with Crippen molar-refractivity contribution < 1.29 is 17.6 Å². The molecule has 0 bridgehead atoms. The van der Waals surface area contributed by atoms with Crippen molar-refractivity contribution in [3.05, 3.63) is 59.4 Å². The molecule has 30 heavy (non-hydrogen) atoms. The molecule has 2 aliphatic rings. The monoisotopic (exact) mass is 447 g/mol. The van der Waals surface area contributed by atoms with Gasteiger partial charge in [-0.15, -0.1) is 0 Å². The molecule has 2 aromatic rings. The van der Waals surface area contributed by atoms with E-state index in [1.165, 1.54) is 36.0 Å². The summed E-state index contributed by atoms with van der Waals surface area (Å²) in [6.07, 6.45) is 0. The third-order valence-corrected chi connectivity index (χ3v) is 8.23. The zero-order valence-corrected chi connectivity index (χ0v) is 18.3. The molecule has 1 saturated heterocycles. The van der Waals surface area contributed by atoms with Crippen LogP contribution in [-0.4, -0.2) is 48.8 Å². The quantitative estimate of drug-likeness (QED) is 0.779.